The Morgan fingerprint density at radius 3 is 2.93 bits per heavy atom. The van der Waals surface area contributed by atoms with Gasteiger partial charge < -0.3 is 9.36 Å². The van der Waals surface area contributed by atoms with Gasteiger partial charge in [-0.15, -0.1) is 0 Å². The lowest BCUT2D eigenvalue weighted by atomic mass is 9.98. The summed E-state index contributed by atoms with van der Waals surface area (Å²) < 4.78 is 2.10. The minimum absolute atomic E-state index is 0.307. The molecule has 0 aliphatic heterocycles. The Hall–Kier alpha value is -1.57. The van der Waals surface area contributed by atoms with Gasteiger partial charge >= 0.3 is 0 Å². The highest BCUT2D eigenvalue weighted by molar-refractivity contribution is 5.80. The van der Waals surface area contributed by atoms with E-state index in [0.717, 1.165) is 6.29 Å². The van der Waals surface area contributed by atoms with Crippen LogP contribution in [-0.4, -0.2) is 10.9 Å². The van der Waals surface area contributed by atoms with Gasteiger partial charge in [-0.2, -0.15) is 0 Å². The summed E-state index contributed by atoms with van der Waals surface area (Å²) in [6.07, 6.45) is 3.63. The van der Waals surface area contributed by atoms with Crippen LogP contribution in [0.2, 0.25) is 0 Å². The molecule has 15 heavy (non-hydrogen) atoms. The largest absolute Gasteiger partial charge is 0.351 e. The van der Waals surface area contributed by atoms with Crippen LogP contribution >= 0.6 is 0 Å². The Labute approximate surface area is 89.5 Å². The van der Waals surface area contributed by atoms with E-state index in [2.05, 4.69) is 42.0 Å². The van der Waals surface area contributed by atoms with Crippen molar-refractivity contribution in [3.05, 3.63) is 36.0 Å². The number of hydrogen-bond acceptors (Lipinski definition) is 1. The van der Waals surface area contributed by atoms with Crippen LogP contribution in [0, 0.1) is 0 Å². The lowest BCUT2D eigenvalue weighted by Gasteiger charge is -2.08. The minimum Gasteiger partial charge on any atom is -0.351 e. The monoisotopic (exact) mass is 201 g/mol. The zero-order chi connectivity index (χ0) is 10.8. The molecule has 0 N–H and O–H groups in total. The molecular weight excluding hydrogens is 186 g/mol. The highest BCUT2D eigenvalue weighted by Gasteiger charge is 2.06. The van der Waals surface area contributed by atoms with Gasteiger partial charge in [0, 0.05) is 25.2 Å². The third-order valence-corrected chi connectivity index (χ3v) is 2.93. The summed E-state index contributed by atoms with van der Waals surface area (Å²) in [7, 11) is 2.04. The molecule has 78 valence electrons. The van der Waals surface area contributed by atoms with Crippen LogP contribution in [-0.2, 0) is 11.8 Å². The molecule has 0 aliphatic carbocycles. The van der Waals surface area contributed by atoms with Crippen molar-refractivity contribution in [2.24, 2.45) is 7.05 Å². The zero-order valence-corrected chi connectivity index (χ0v) is 9.10. The van der Waals surface area contributed by atoms with Crippen LogP contribution < -0.4 is 0 Å². The van der Waals surface area contributed by atoms with E-state index in [0.29, 0.717) is 12.3 Å². The fourth-order valence-corrected chi connectivity index (χ4v) is 1.87. The topological polar surface area (TPSA) is 22.0 Å². The second-order valence-electron chi connectivity index (χ2n) is 4.05. The summed E-state index contributed by atoms with van der Waals surface area (Å²) in [5, 5.41) is 1.25. The van der Waals surface area contributed by atoms with Crippen molar-refractivity contribution < 1.29 is 4.79 Å². The van der Waals surface area contributed by atoms with Crippen LogP contribution in [0.15, 0.2) is 30.5 Å². The van der Waals surface area contributed by atoms with Crippen LogP contribution in [0.25, 0.3) is 10.9 Å². The molecule has 0 saturated heterocycles. The fraction of sp³-hybridized carbons (Fsp3) is 0.308. The Kier molecular flexibility index (Phi) is 2.58. The predicted octanol–water partition coefficient (Wildman–Crippen LogP) is 2.87. The summed E-state index contributed by atoms with van der Waals surface area (Å²) in [5.74, 6) is 0.307. The number of aldehydes is 1. The zero-order valence-electron chi connectivity index (χ0n) is 9.10. The van der Waals surface area contributed by atoms with E-state index in [1.54, 1.807) is 0 Å². The molecule has 0 bridgehead atoms. The summed E-state index contributed by atoms with van der Waals surface area (Å²) >= 11 is 0. The van der Waals surface area contributed by atoms with Gasteiger partial charge in [-0.1, -0.05) is 19.1 Å². The second kappa shape index (κ2) is 3.89. The minimum atomic E-state index is 0.307. The van der Waals surface area contributed by atoms with Gasteiger partial charge in [-0.05, 0) is 29.0 Å². The van der Waals surface area contributed by atoms with Gasteiger partial charge in [0.15, 0.2) is 0 Å². The molecule has 1 unspecified atom stereocenters. The van der Waals surface area contributed by atoms with Crippen molar-refractivity contribution in [2.45, 2.75) is 19.3 Å². The van der Waals surface area contributed by atoms with E-state index < -0.39 is 0 Å². The standard InChI is InChI=1S/C13H15NO/c1-10(6-8-15)12-4-3-11-5-7-14(2)13(11)9-12/h3-5,7-10H,6H2,1-2H3. The molecule has 1 aromatic carbocycles. The van der Waals surface area contributed by atoms with E-state index in [-0.39, 0.29) is 0 Å². The van der Waals surface area contributed by atoms with E-state index in [4.69, 9.17) is 0 Å². The van der Waals surface area contributed by atoms with Gasteiger partial charge in [0.2, 0.25) is 0 Å². The number of hydrogen-bond donors (Lipinski definition) is 0. The van der Waals surface area contributed by atoms with Crippen LogP contribution in [0.3, 0.4) is 0 Å². The number of aromatic nitrogens is 1. The maximum atomic E-state index is 10.5. The highest BCUT2D eigenvalue weighted by Crippen LogP contribution is 2.23. The molecule has 0 radical (unpaired) electrons. The highest BCUT2D eigenvalue weighted by atomic mass is 16.1. The first-order valence-corrected chi connectivity index (χ1v) is 5.21. The molecule has 0 amide bonds. The number of nitrogens with zero attached hydrogens (tertiary/aromatic N) is 1. The van der Waals surface area contributed by atoms with E-state index in [9.17, 15) is 4.79 Å². The number of aryl methyl sites for hydroxylation is 1. The lowest BCUT2D eigenvalue weighted by Crippen LogP contribution is -1.95. The number of carbonyl (C=O) groups excluding carboxylic acids is 1. The number of fused-ring (bicyclic) bond motifs is 1. The van der Waals surface area contributed by atoms with E-state index >= 15 is 0 Å². The molecule has 1 heterocycles. The van der Waals surface area contributed by atoms with Gasteiger partial charge in [0.25, 0.3) is 0 Å². The van der Waals surface area contributed by atoms with Crippen LogP contribution in [0.5, 0.6) is 0 Å². The maximum Gasteiger partial charge on any atom is 0.120 e. The van der Waals surface area contributed by atoms with Crippen molar-refractivity contribution in [1.82, 2.24) is 4.57 Å². The number of carbonyl (C=O) groups is 1. The van der Waals surface area contributed by atoms with Gasteiger partial charge in [0.1, 0.15) is 6.29 Å². The molecule has 2 heteroatoms. The first-order chi connectivity index (χ1) is 7.22. The maximum absolute atomic E-state index is 10.5. The first-order valence-electron chi connectivity index (χ1n) is 5.21. The molecule has 1 aromatic heterocycles. The molecule has 0 aliphatic rings. The predicted molar refractivity (Wildman–Crippen MR) is 62.0 cm³/mol. The SMILES string of the molecule is CC(CC=O)c1ccc2ccn(C)c2c1. The molecule has 2 aromatic rings. The fourth-order valence-electron chi connectivity index (χ4n) is 1.87. The number of rotatable bonds is 3. The van der Waals surface area contributed by atoms with Crippen molar-refractivity contribution in [1.29, 1.82) is 0 Å². The normalized spacial score (nSPS) is 12.9. The van der Waals surface area contributed by atoms with Gasteiger partial charge in [-0.25, -0.2) is 0 Å². The molecule has 0 fully saturated rings. The Morgan fingerprint density at radius 1 is 1.40 bits per heavy atom. The Morgan fingerprint density at radius 2 is 2.20 bits per heavy atom. The van der Waals surface area contributed by atoms with E-state index in [1.165, 1.54) is 16.5 Å². The molecule has 0 saturated carbocycles. The third kappa shape index (κ3) is 1.80. The molecular formula is C13H15NO. The molecule has 1 atom stereocenters. The van der Waals surface area contributed by atoms with Crippen molar-refractivity contribution in [3.8, 4) is 0 Å². The second-order valence-corrected chi connectivity index (χ2v) is 4.05. The Balaban J connectivity index is 2.45. The average molecular weight is 201 g/mol. The lowest BCUT2D eigenvalue weighted by molar-refractivity contribution is -0.108. The molecule has 0 spiro atoms. The average Bonchev–Trinajstić information content (AvgIpc) is 2.60. The van der Waals surface area contributed by atoms with Crippen LogP contribution in [0.1, 0.15) is 24.8 Å². The summed E-state index contributed by atoms with van der Waals surface area (Å²) in [6.45, 7) is 2.08. The smallest absolute Gasteiger partial charge is 0.120 e. The van der Waals surface area contributed by atoms with Gasteiger partial charge in [0.05, 0.1) is 0 Å². The first kappa shape index (κ1) is 9.97. The van der Waals surface area contributed by atoms with Crippen molar-refractivity contribution in [2.75, 3.05) is 0 Å². The molecule has 2 nitrogen and oxygen atoms in total. The van der Waals surface area contributed by atoms with Crippen molar-refractivity contribution >= 4 is 17.2 Å². The quantitative estimate of drug-likeness (QED) is 0.700. The summed E-state index contributed by atoms with van der Waals surface area (Å²) in [5.41, 5.74) is 2.46. The number of benzene rings is 1. The summed E-state index contributed by atoms with van der Waals surface area (Å²) in [4.78, 5) is 10.5. The third-order valence-electron chi connectivity index (χ3n) is 2.93. The van der Waals surface area contributed by atoms with E-state index in [1.807, 2.05) is 7.05 Å². The van der Waals surface area contributed by atoms with Crippen LogP contribution in [0.4, 0.5) is 0 Å². The Bertz CT molecular complexity index is 484. The van der Waals surface area contributed by atoms with Gasteiger partial charge in [-0.3, -0.25) is 0 Å². The van der Waals surface area contributed by atoms with Crippen molar-refractivity contribution in [3.63, 3.8) is 0 Å². The molecule has 2 rings (SSSR count). The summed E-state index contributed by atoms with van der Waals surface area (Å²) in [6, 6.07) is 8.50.